The van der Waals surface area contributed by atoms with Crippen LogP contribution in [0.1, 0.15) is 0 Å². The maximum Gasteiger partial charge on any atom is 0.328 e. The fraction of sp³-hybridized carbons (Fsp3) is 0.750. The first-order chi connectivity index (χ1) is 11.0. The second-order valence-electron chi connectivity index (χ2n) is 8.29. The first kappa shape index (κ1) is 12.9. The van der Waals surface area contributed by atoms with Gasteiger partial charge >= 0.3 is 5.69 Å². The summed E-state index contributed by atoms with van der Waals surface area (Å²) in [6.07, 6.45) is 1.50. The molecule has 1 aromatic heterocycles. The van der Waals surface area contributed by atoms with Gasteiger partial charge in [-0.05, 0) is 23.7 Å². The summed E-state index contributed by atoms with van der Waals surface area (Å²) in [4.78, 5) is 25.6. The molecular formula is C16H18N2O5. The molecule has 0 bridgehead atoms. The van der Waals surface area contributed by atoms with Crippen molar-refractivity contribution in [1.82, 2.24) is 9.55 Å². The Morgan fingerprint density at radius 2 is 1.74 bits per heavy atom. The summed E-state index contributed by atoms with van der Waals surface area (Å²) in [6.45, 7) is 0.668. The second-order valence-corrected chi connectivity index (χ2v) is 8.29. The minimum atomic E-state index is -0.441. The maximum atomic E-state index is 12.1. The molecule has 4 N–H and O–H groups in total. The van der Waals surface area contributed by atoms with E-state index in [0.717, 1.165) is 0 Å². The molecule has 6 fully saturated rings. The Hall–Kier alpha value is -1.44. The largest absolute Gasteiger partial charge is 0.396 e. The molecule has 0 radical (unpaired) electrons. The number of aromatic amines is 1. The number of nitrogens with zero attached hydrogens (tertiary/aromatic N) is 1. The summed E-state index contributed by atoms with van der Waals surface area (Å²) in [5, 5.41) is 30.0. The van der Waals surface area contributed by atoms with Gasteiger partial charge in [0.25, 0.3) is 5.56 Å². The Kier molecular flexibility index (Phi) is 1.73. The molecule has 0 saturated heterocycles. The molecule has 1 heterocycles. The molecule has 6 aliphatic rings. The third-order valence-corrected chi connectivity index (χ3v) is 8.90. The molecule has 0 spiro atoms. The smallest absolute Gasteiger partial charge is 0.328 e. The van der Waals surface area contributed by atoms with Crippen molar-refractivity contribution in [2.75, 3.05) is 19.8 Å². The number of aliphatic hydroxyl groups excluding tert-OH is 3. The first-order valence-electron chi connectivity index (χ1n) is 8.17. The highest BCUT2D eigenvalue weighted by Gasteiger charge is 3.19. The zero-order chi connectivity index (χ0) is 16.0. The Morgan fingerprint density at radius 3 is 2.26 bits per heavy atom. The number of aromatic nitrogens is 2. The molecule has 6 aliphatic carbocycles. The summed E-state index contributed by atoms with van der Waals surface area (Å²) in [5.41, 5.74) is -1.66. The fourth-order valence-corrected chi connectivity index (χ4v) is 9.09. The first-order valence-corrected chi connectivity index (χ1v) is 8.17. The van der Waals surface area contributed by atoms with Crippen molar-refractivity contribution in [3.63, 3.8) is 0 Å². The third kappa shape index (κ3) is 0.715. The fourth-order valence-electron chi connectivity index (χ4n) is 9.09. The van der Waals surface area contributed by atoms with Crippen molar-refractivity contribution in [1.29, 1.82) is 0 Å². The summed E-state index contributed by atoms with van der Waals surface area (Å²) >= 11 is 0. The molecule has 4 atom stereocenters. The van der Waals surface area contributed by atoms with Gasteiger partial charge in [0.1, 0.15) is 0 Å². The van der Waals surface area contributed by atoms with Crippen molar-refractivity contribution in [2.24, 2.45) is 45.3 Å². The van der Waals surface area contributed by atoms with Crippen molar-refractivity contribution < 1.29 is 15.3 Å². The van der Waals surface area contributed by atoms with Crippen molar-refractivity contribution in [2.45, 2.75) is 6.54 Å². The highest BCUT2D eigenvalue weighted by Crippen LogP contribution is 3.18. The molecule has 4 unspecified atom stereocenters. The van der Waals surface area contributed by atoms with Gasteiger partial charge in [0, 0.05) is 60.3 Å². The highest BCUT2D eigenvalue weighted by atomic mass is 16.3. The van der Waals surface area contributed by atoms with E-state index in [9.17, 15) is 24.9 Å². The van der Waals surface area contributed by atoms with Gasteiger partial charge in [-0.1, -0.05) is 0 Å². The number of rotatable bonds is 5. The molecule has 122 valence electrons. The molecule has 6 saturated carbocycles. The molecule has 23 heavy (non-hydrogen) atoms. The van der Waals surface area contributed by atoms with Crippen LogP contribution in [0, 0.1) is 45.3 Å². The minimum absolute atomic E-state index is 0.0488. The van der Waals surface area contributed by atoms with E-state index in [-0.39, 0.29) is 47.4 Å². The predicted octanol–water partition coefficient (Wildman–Crippen LogP) is -2.01. The molecule has 0 aliphatic heterocycles. The zero-order valence-corrected chi connectivity index (χ0v) is 12.4. The number of hydrogen-bond donors (Lipinski definition) is 4. The summed E-state index contributed by atoms with van der Waals surface area (Å²) < 4.78 is 1.50. The van der Waals surface area contributed by atoms with Crippen LogP contribution in [0.4, 0.5) is 0 Å². The van der Waals surface area contributed by atoms with Crippen molar-refractivity contribution >= 4 is 0 Å². The van der Waals surface area contributed by atoms with E-state index in [1.54, 1.807) is 0 Å². The average Bonchev–Trinajstić information content (AvgIpc) is 2.56. The van der Waals surface area contributed by atoms with Crippen molar-refractivity contribution in [3.8, 4) is 0 Å². The number of H-pyrrole nitrogens is 1. The molecule has 7 rings (SSSR count). The Morgan fingerprint density at radius 1 is 1.09 bits per heavy atom. The van der Waals surface area contributed by atoms with E-state index in [1.807, 2.05) is 0 Å². The van der Waals surface area contributed by atoms with Gasteiger partial charge < -0.3 is 15.3 Å². The van der Waals surface area contributed by atoms with E-state index in [2.05, 4.69) is 4.98 Å². The van der Waals surface area contributed by atoms with Crippen LogP contribution in [0.2, 0.25) is 0 Å². The van der Waals surface area contributed by atoms with Gasteiger partial charge in [-0.25, -0.2) is 4.79 Å². The lowest BCUT2D eigenvalue weighted by atomic mass is 8.84. The SMILES string of the molecule is O=c1ccn(CC23C4C5C6(CO)C4C2(CO)C6C53CO)c(=O)[nH]1. The number of nitrogens with one attached hydrogen (secondary N) is 1. The van der Waals surface area contributed by atoms with Gasteiger partial charge in [0.15, 0.2) is 0 Å². The molecule has 7 nitrogen and oxygen atoms in total. The standard InChI is InChI=1S/C16H18N2O5/c19-4-13-9-8-10(13)15(6-21)11(13)14(9,5-20)16(8,15)3-18-2-1-7(22)17-12(18)23/h1-2,8-11,19-21H,3-6H2,(H,17,22,23). The molecule has 7 heteroatoms. The number of aliphatic hydroxyl groups is 3. The van der Waals surface area contributed by atoms with E-state index in [1.165, 1.54) is 16.8 Å². The molecular weight excluding hydrogens is 300 g/mol. The molecule has 1 aromatic rings. The quantitative estimate of drug-likeness (QED) is 0.501. The second kappa shape index (κ2) is 3.08. The van der Waals surface area contributed by atoms with Gasteiger partial charge in [-0.2, -0.15) is 0 Å². The van der Waals surface area contributed by atoms with Crippen LogP contribution < -0.4 is 11.2 Å². The Bertz CT molecular complexity index is 861. The highest BCUT2D eigenvalue weighted by molar-refractivity contribution is 5.64. The van der Waals surface area contributed by atoms with Crippen LogP contribution in [0.25, 0.3) is 0 Å². The van der Waals surface area contributed by atoms with Crippen LogP contribution in [-0.4, -0.2) is 44.7 Å². The maximum absolute atomic E-state index is 12.1. The third-order valence-electron chi connectivity index (χ3n) is 8.90. The lowest BCUT2D eigenvalue weighted by Gasteiger charge is -3.19. The molecule has 0 amide bonds. The van der Waals surface area contributed by atoms with Gasteiger partial charge in [-0.3, -0.25) is 14.3 Å². The lowest BCUT2D eigenvalue weighted by molar-refractivity contribution is -0.748. The average molecular weight is 318 g/mol. The zero-order valence-electron chi connectivity index (χ0n) is 12.4. The van der Waals surface area contributed by atoms with E-state index >= 15 is 0 Å². The normalized spacial score (nSPS) is 58.2. The summed E-state index contributed by atoms with van der Waals surface area (Å²) in [6, 6.07) is 1.33. The van der Waals surface area contributed by atoms with Gasteiger partial charge in [-0.15, -0.1) is 0 Å². The van der Waals surface area contributed by atoms with E-state index in [0.29, 0.717) is 24.3 Å². The molecule has 0 aromatic carbocycles. The van der Waals surface area contributed by atoms with Crippen LogP contribution in [0.3, 0.4) is 0 Å². The van der Waals surface area contributed by atoms with Gasteiger partial charge in [0.05, 0.1) is 0 Å². The Balaban J connectivity index is 1.47. The van der Waals surface area contributed by atoms with E-state index in [4.69, 9.17) is 0 Å². The monoisotopic (exact) mass is 318 g/mol. The summed E-state index contributed by atoms with van der Waals surface area (Å²) in [5.74, 6) is 1.25. The van der Waals surface area contributed by atoms with Crippen LogP contribution in [-0.2, 0) is 6.54 Å². The van der Waals surface area contributed by atoms with Crippen LogP contribution in [0.15, 0.2) is 21.9 Å². The topological polar surface area (TPSA) is 116 Å². The summed E-state index contributed by atoms with van der Waals surface area (Å²) in [7, 11) is 0. The Labute approximate surface area is 130 Å². The minimum Gasteiger partial charge on any atom is -0.396 e. The van der Waals surface area contributed by atoms with Crippen LogP contribution >= 0.6 is 0 Å². The lowest BCUT2D eigenvalue weighted by Crippen LogP contribution is -3.20. The van der Waals surface area contributed by atoms with Gasteiger partial charge in [0.2, 0.25) is 0 Å². The predicted molar refractivity (Wildman–Crippen MR) is 76.3 cm³/mol. The van der Waals surface area contributed by atoms with E-state index < -0.39 is 11.2 Å². The number of hydrogen-bond acceptors (Lipinski definition) is 5. The van der Waals surface area contributed by atoms with Crippen molar-refractivity contribution in [3.05, 3.63) is 33.1 Å². The van der Waals surface area contributed by atoms with Crippen LogP contribution in [0.5, 0.6) is 0 Å².